The Bertz CT molecular complexity index is 1040. The second-order valence-corrected chi connectivity index (χ2v) is 11.2. The largest absolute Gasteiger partial charge is 0.508 e. The molecule has 38 heavy (non-hydrogen) atoms. The molecule has 2 rings (SSSR count). The summed E-state index contributed by atoms with van der Waals surface area (Å²) in [4.78, 5) is 17.2. The number of phenols is 1. The normalized spacial score (nSPS) is 12.7. The Hall–Kier alpha value is -3.34. The van der Waals surface area contributed by atoms with Crippen LogP contribution in [0, 0.1) is 5.41 Å². The summed E-state index contributed by atoms with van der Waals surface area (Å²) in [5.41, 5.74) is 9.78. The van der Waals surface area contributed by atoms with Gasteiger partial charge in [-0.05, 0) is 64.0 Å². The van der Waals surface area contributed by atoms with Gasteiger partial charge in [-0.15, -0.1) is 5.10 Å². The van der Waals surface area contributed by atoms with E-state index in [2.05, 4.69) is 49.7 Å². The second kappa shape index (κ2) is 14.6. The lowest BCUT2D eigenvalue weighted by atomic mass is 9.94. The summed E-state index contributed by atoms with van der Waals surface area (Å²) in [5.74, 6) is 0.241. The molecule has 2 amide bonds. The van der Waals surface area contributed by atoms with Crippen molar-refractivity contribution in [3.05, 3.63) is 52.2 Å². The summed E-state index contributed by atoms with van der Waals surface area (Å²) < 4.78 is 7.89. The number of benzene rings is 1. The van der Waals surface area contributed by atoms with Crippen molar-refractivity contribution in [1.82, 2.24) is 30.5 Å². The maximum atomic E-state index is 12.3. The minimum atomic E-state index is -0.386. The van der Waals surface area contributed by atoms with E-state index in [1.54, 1.807) is 16.8 Å². The lowest BCUT2D eigenvalue weighted by molar-refractivity contribution is -0.0620. The van der Waals surface area contributed by atoms with Crippen LogP contribution < -0.4 is 10.6 Å². The summed E-state index contributed by atoms with van der Waals surface area (Å²) in [5, 5.41) is 27.4. The number of amides is 2. The first-order valence-electron chi connectivity index (χ1n) is 12.9. The summed E-state index contributed by atoms with van der Waals surface area (Å²) in [6.07, 6.45) is 3.87. The van der Waals surface area contributed by atoms with Crippen molar-refractivity contribution in [2.24, 2.45) is 10.5 Å². The van der Waals surface area contributed by atoms with Crippen LogP contribution in [0.25, 0.3) is 10.4 Å². The van der Waals surface area contributed by atoms with Crippen LogP contribution in [0.2, 0.25) is 0 Å². The molecule has 0 aliphatic carbocycles. The molecule has 1 aromatic carbocycles. The minimum absolute atomic E-state index is 0.120. The number of azide groups is 1. The molecule has 3 N–H and O–H groups in total. The van der Waals surface area contributed by atoms with E-state index in [4.69, 9.17) is 10.3 Å². The number of likely N-dealkylation sites (N-methyl/N-ethyl adjacent to an activating group) is 1. The van der Waals surface area contributed by atoms with Crippen molar-refractivity contribution < 1.29 is 14.6 Å². The van der Waals surface area contributed by atoms with Gasteiger partial charge in [-0.1, -0.05) is 36.3 Å². The minimum Gasteiger partial charge on any atom is -0.508 e. The first kappa shape index (κ1) is 30.9. The fourth-order valence-corrected chi connectivity index (χ4v) is 3.76. The van der Waals surface area contributed by atoms with Crippen molar-refractivity contribution in [2.45, 2.75) is 65.1 Å². The van der Waals surface area contributed by atoms with Gasteiger partial charge in [0.15, 0.2) is 0 Å². The van der Waals surface area contributed by atoms with Crippen LogP contribution >= 0.6 is 0 Å². The second-order valence-electron chi connectivity index (χ2n) is 11.2. The molecular weight excluding hydrogens is 486 g/mol. The molecule has 12 nitrogen and oxygen atoms in total. The summed E-state index contributed by atoms with van der Waals surface area (Å²) in [6, 6.07) is 7.02. The quantitative estimate of drug-likeness (QED) is 0.172. The topological polar surface area (TPSA) is 153 Å². The van der Waals surface area contributed by atoms with E-state index in [0.29, 0.717) is 45.6 Å². The number of aromatic hydroxyl groups is 1. The van der Waals surface area contributed by atoms with Gasteiger partial charge in [-0.2, -0.15) is 0 Å². The van der Waals surface area contributed by atoms with E-state index < -0.39 is 0 Å². The molecule has 0 aliphatic heterocycles. The third-order valence-corrected chi connectivity index (χ3v) is 6.21. The number of phenolic OH excluding ortho intramolecular Hbond substituents is 1. The Morgan fingerprint density at radius 2 is 1.95 bits per heavy atom. The molecule has 1 heterocycles. The molecule has 0 aliphatic rings. The van der Waals surface area contributed by atoms with Crippen LogP contribution in [0.1, 0.15) is 45.4 Å². The molecule has 0 bridgehead atoms. The van der Waals surface area contributed by atoms with Crippen LogP contribution in [0.5, 0.6) is 5.75 Å². The lowest BCUT2D eigenvalue weighted by Crippen LogP contribution is -2.45. The number of ether oxygens (including phenoxy) is 1. The van der Waals surface area contributed by atoms with E-state index in [0.717, 1.165) is 17.7 Å². The van der Waals surface area contributed by atoms with Gasteiger partial charge < -0.3 is 25.4 Å². The number of urea groups is 1. The van der Waals surface area contributed by atoms with Gasteiger partial charge in [0.1, 0.15) is 5.75 Å². The van der Waals surface area contributed by atoms with Crippen molar-refractivity contribution in [2.75, 3.05) is 40.3 Å². The van der Waals surface area contributed by atoms with Crippen molar-refractivity contribution in [3.8, 4) is 5.75 Å². The Morgan fingerprint density at radius 3 is 2.61 bits per heavy atom. The summed E-state index contributed by atoms with van der Waals surface area (Å²) in [7, 11) is 3.96. The third-order valence-electron chi connectivity index (χ3n) is 6.21. The molecule has 0 spiro atoms. The predicted molar refractivity (Wildman–Crippen MR) is 147 cm³/mol. The zero-order valence-electron chi connectivity index (χ0n) is 23.5. The monoisotopic (exact) mass is 529 g/mol. The van der Waals surface area contributed by atoms with E-state index in [1.807, 2.05) is 46.3 Å². The fraction of sp³-hybridized carbons (Fsp3) is 0.654. The zero-order chi connectivity index (χ0) is 28.2. The summed E-state index contributed by atoms with van der Waals surface area (Å²) in [6.45, 7) is 10.7. The van der Waals surface area contributed by atoms with E-state index in [9.17, 15) is 9.90 Å². The molecule has 0 saturated heterocycles. The van der Waals surface area contributed by atoms with Gasteiger partial charge in [-0.3, -0.25) is 4.68 Å². The van der Waals surface area contributed by atoms with E-state index in [1.165, 1.54) is 0 Å². The van der Waals surface area contributed by atoms with E-state index >= 15 is 0 Å². The maximum Gasteiger partial charge on any atom is 0.314 e. The molecule has 1 aromatic heterocycles. The van der Waals surface area contributed by atoms with Gasteiger partial charge in [0.05, 0.1) is 17.9 Å². The molecule has 0 radical (unpaired) electrons. The highest BCUT2D eigenvalue weighted by molar-refractivity contribution is 5.73. The fourth-order valence-electron chi connectivity index (χ4n) is 3.76. The highest BCUT2D eigenvalue weighted by Crippen LogP contribution is 2.23. The number of nitrogens with one attached hydrogen (secondary N) is 2. The summed E-state index contributed by atoms with van der Waals surface area (Å²) >= 11 is 0. The number of rotatable bonds is 16. The van der Waals surface area contributed by atoms with E-state index in [-0.39, 0.29) is 28.8 Å². The average Bonchev–Trinajstić information content (AvgIpc) is 3.28. The van der Waals surface area contributed by atoms with Crippen molar-refractivity contribution >= 4 is 6.03 Å². The molecule has 1 atom stereocenters. The Labute approximate surface area is 225 Å². The first-order valence-corrected chi connectivity index (χ1v) is 12.9. The van der Waals surface area contributed by atoms with Crippen molar-refractivity contribution in [3.63, 3.8) is 0 Å². The Balaban J connectivity index is 1.73. The maximum absolute atomic E-state index is 12.3. The number of aromatic nitrogens is 3. The highest BCUT2D eigenvalue weighted by Gasteiger charge is 2.25. The molecule has 0 unspecified atom stereocenters. The molecule has 12 heteroatoms. The number of hydrogen-bond acceptors (Lipinski definition) is 7. The SMILES string of the molecule is CN(C)[C@H](CNC(=O)NCCc1cn(CC(C)(C)COC(C)(C)CCN=[N+]=[N-])nn1)Cc1ccc(O)cc1. The van der Waals surface area contributed by atoms with Crippen LogP contribution in [0.3, 0.4) is 0 Å². The van der Waals surface area contributed by atoms with Gasteiger partial charge in [-0.25, -0.2) is 4.79 Å². The number of nitrogens with zero attached hydrogens (tertiary/aromatic N) is 7. The molecule has 2 aromatic rings. The zero-order valence-corrected chi connectivity index (χ0v) is 23.5. The molecular formula is C26H43N9O3. The number of carbonyl (C=O) groups excluding carboxylic acids is 1. The third kappa shape index (κ3) is 11.8. The Morgan fingerprint density at radius 1 is 1.24 bits per heavy atom. The first-order chi connectivity index (χ1) is 17.9. The predicted octanol–water partition coefficient (Wildman–Crippen LogP) is 3.52. The van der Waals surface area contributed by atoms with Gasteiger partial charge in [0.2, 0.25) is 0 Å². The number of hydrogen-bond donors (Lipinski definition) is 3. The number of carbonyl (C=O) groups is 1. The van der Waals surface area contributed by atoms with Crippen LogP contribution in [0.15, 0.2) is 35.6 Å². The van der Waals surface area contributed by atoms with Gasteiger partial charge in [0.25, 0.3) is 0 Å². The standard InChI is InChI=1S/C26H43N9O3/c1-25(2,19-38-26(3,4)12-14-30-32-27)18-35-17-21(31-33-35)11-13-28-24(37)29-16-22(34(5)6)15-20-7-9-23(36)10-8-20/h7-10,17,22,36H,11-16,18-19H2,1-6H3,(H2,28,29,37)/t22-/m0/s1. The van der Waals surface area contributed by atoms with Gasteiger partial charge >= 0.3 is 6.03 Å². The highest BCUT2D eigenvalue weighted by atomic mass is 16.5. The van der Waals surface area contributed by atoms with Gasteiger partial charge in [0, 0.05) is 55.2 Å². The lowest BCUT2D eigenvalue weighted by Gasteiger charge is -2.31. The molecule has 0 fully saturated rings. The van der Waals surface area contributed by atoms with Crippen molar-refractivity contribution in [1.29, 1.82) is 0 Å². The van der Waals surface area contributed by atoms with Crippen LogP contribution in [-0.4, -0.2) is 83.0 Å². The smallest absolute Gasteiger partial charge is 0.314 e. The Kier molecular flexibility index (Phi) is 11.8. The molecule has 210 valence electrons. The molecule has 0 saturated carbocycles. The van der Waals surface area contributed by atoms with Crippen LogP contribution in [-0.2, 0) is 24.1 Å². The average molecular weight is 530 g/mol. The van der Waals surface area contributed by atoms with Crippen LogP contribution in [0.4, 0.5) is 4.79 Å².